The molecule has 0 aliphatic heterocycles. The van der Waals surface area contributed by atoms with Gasteiger partial charge in [0.05, 0.1) is 30.6 Å². The van der Waals surface area contributed by atoms with Crippen molar-refractivity contribution in [2.75, 3.05) is 7.11 Å². The number of nitrogens with zero attached hydrogens (tertiary/aromatic N) is 4. The van der Waals surface area contributed by atoms with Gasteiger partial charge < -0.3 is 10.1 Å². The Labute approximate surface area is 159 Å². The van der Waals surface area contributed by atoms with Crippen LogP contribution in [0.15, 0.2) is 47.7 Å². The fourth-order valence-corrected chi connectivity index (χ4v) is 2.59. The van der Waals surface area contributed by atoms with Gasteiger partial charge in [-0.1, -0.05) is 11.6 Å². The zero-order valence-corrected chi connectivity index (χ0v) is 15.4. The number of methoxy groups -OCH3 is 1. The van der Waals surface area contributed by atoms with Crippen LogP contribution in [0.25, 0.3) is 11.4 Å². The number of hydrogen-bond donors (Lipinski definition) is 1. The summed E-state index contributed by atoms with van der Waals surface area (Å²) < 4.78 is 6.55. The summed E-state index contributed by atoms with van der Waals surface area (Å²) in [5.74, 6) is 0.374. The highest BCUT2D eigenvalue weighted by Crippen LogP contribution is 2.23. The smallest absolute Gasteiger partial charge is 0.255 e. The van der Waals surface area contributed by atoms with Gasteiger partial charge in [0, 0.05) is 24.3 Å². The molecule has 1 amide bonds. The van der Waals surface area contributed by atoms with E-state index in [1.807, 2.05) is 0 Å². The van der Waals surface area contributed by atoms with Crippen molar-refractivity contribution >= 4 is 17.5 Å². The van der Waals surface area contributed by atoms with Crippen molar-refractivity contribution in [2.24, 2.45) is 7.05 Å². The Hall–Kier alpha value is -3.26. The molecule has 1 aromatic carbocycles. The van der Waals surface area contributed by atoms with E-state index in [1.54, 1.807) is 37.5 Å². The molecule has 9 heteroatoms. The average Bonchev–Trinajstić information content (AvgIpc) is 2.69. The number of carbonyl (C=O) groups excluding carboxylic acids is 1. The first kappa shape index (κ1) is 18.5. The molecule has 3 aromatic rings. The van der Waals surface area contributed by atoms with Crippen molar-refractivity contribution in [3.63, 3.8) is 0 Å². The van der Waals surface area contributed by atoms with Crippen LogP contribution in [0.2, 0.25) is 5.02 Å². The Bertz CT molecular complexity index is 1040. The second-order valence-electron chi connectivity index (χ2n) is 5.58. The molecular weight excluding hydrogens is 370 g/mol. The molecule has 2 aromatic heterocycles. The molecule has 0 atom stereocenters. The number of nitrogens with one attached hydrogen (secondary N) is 1. The Kier molecular flexibility index (Phi) is 5.46. The maximum absolute atomic E-state index is 12.5. The predicted molar refractivity (Wildman–Crippen MR) is 99.7 cm³/mol. The molecule has 1 N–H and O–H groups in total. The Balaban J connectivity index is 1.85. The van der Waals surface area contributed by atoms with Gasteiger partial charge in [0.2, 0.25) is 0 Å². The minimum Gasteiger partial charge on any atom is -0.496 e. The standard InChI is InChI=1S/C18H16ClN5O3/c1-24-16(23-14(8-17(24)25)13-5-6-20-10-22-13)9-21-18(26)12-4-3-11(19)7-15(12)27-2/h3-8,10H,9H2,1-2H3,(H,21,26). The van der Waals surface area contributed by atoms with E-state index in [-0.39, 0.29) is 18.0 Å². The molecule has 0 saturated carbocycles. The summed E-state index contributed by atoms with van der Waals surface area (Å²) in [5, 5.41) is 3.20. The maximum atomic E-state index is 12.5. The van der Waals surface area contributed by atoms with Crippen LogP contribution in [-0.4, -0.2) is 32.5 Å². The van der Waals surface area contributed by atoms with Crippen LogP contribution >= 0.6 is 11.6 Å². The summed E-state index contributed by atoms with van der Waals surface area (Å²) in [6, 6.07) is 7.77. The van der Waals surface area contributed by atoms with Crippen LogP contribution in [-0.2, 0) is 13.6 Å². The van der Waals surface area contributed by atoms with Gasteiger partial charge in [0.1, 0.15) is 17.9 Å². The van der Waals surface area contributed by atoms with E-state index in [0.29, 0.717) is 33.5 Å². The van der Waals surface area contributed by atoms with Crippen LogP contribution in [0.4, 0.5) is 0 Å². The normalized spacial score (nSPS) is 10.5. The second kappa shape index (κ2) is 7.96. The molecule has 138 valence electrons. The van der Waals surface area contributed by atoms with Crippen molar-refractivity contribution in [2.45, 2.75) is 6.54 Å². The third-order valence-corrected chi connectivity index (χ3v) is 4.12. The number of halogens is 1. The van der Waals surface area contributed by atoms with Crippen LogP contribution in [0.1, 0.15) is 16.2 Å². The van der Waals surface area contributed by atoms with E-state index < -0.39 is 0 Å². The highest BCUT2D eigenvalue weighted by atomic mass is 35.5. The van der Waals surface area contributed by atoms with Crippen LogP contribution < -0.4 is 15.6 Å². The van der Waals surface area contributed by atoms with Crippen LogP contribution in [0.5, 0.6) is 5.75 Å². The van der Waals surface area contributed by atoms with Crippen LogP contribution in [0, 0.1) is 0 Å². The quantitative estimate of drug-likeness (QED) is 0.719. The summed E-state index contributed by atoms with van der Waals surface area (Å²) >= 11 is 5.92. The first-order valence-corrected chi connectivity index (χ1v) is 8.32. The molecule has 0 spiro atoms. The second-order valence-corrected chi connectivity index (χ2v) is 6.01. The summed E-state index contributed by atoms with van der Waals surface area (Å²) in [5.41, 5.74) is 1.01. The molecule has 0 fully saturated rings. The molecule has 3 rings (SSSR count). The highest BCUT2D eigenvalue weighted by molar-refractivity contribution is 6.30. The van der Waals surface area contributed by atoms with Gasteiger partial charge >= 0.3 is 0 Å². The maximum Gasteiger partial charge on any atom is 0.255 e. The molecule has 0 bridgehead atoms. The molecule has 0 unspecified atom stereocenters. The zero-order valence-electron chi connectivity index (χ0n) is 14.6. The summed E-state index contributed by atoms with van der Waals surface area (Å²) in [4.78, 5) is 37.1. The molecule has 0 radical (unpaired) electrons. The average molecular weight is 386 g/mol. The molecule has 0 aliphatic carbocycles. The number of amides is 1. The zero-order chi connectivity index (χ0) is 19.4. The SMILES string of the molecule is COc1cc(Cl)ccc1C(=O)NCc1nc(-c2ccncn2)cc(=O)n1C. The molecule has 8 nitrogen and oxygen atoms in total. The minimum atomic E-state index is -0.370. The number of aromatic nitrogens is 4. The van der Waals surface area contributed by atoms with E-state index in [0.717, 1.165) is 0 Å². The van der Waals surface area contributed by atoms with Crippen LogP contribution in [0.3, 0.4) is 0 Å². The minimum absolute atomic E-state index is 0.0509. The Morgan fingerprint density at radius 1 is 1.26 bits per heavy atom. The fourth-order valence-electron chi connectivity index (χ4n) is 2.43. The summed E-state index contributed by atoms with van der Waals surface area (Å²) in [6.07, 6.45) is 2.94. The van der Waals surface area contributed by atoms with Gasteiger partial charge in [-0.2, -0.15) is 0 Å². The fraction of sp³-hybridized carbons (Fsp3) is 0.167. The van der Waals surface area contributed by atoms with Gasteiger partial charge in [-0.25, -0.2) is 15.0 Å². The first-order valence-electron chi connectivity index (χ1n) is 7.94. The van der Waals surface area contributed by atoms with Gasteiger partial charge in [0.15, 0.2) is 0 Å². The van der Waals surface area contributed by atoms with Gasteiger partial charge in [-0.15, -0.1) is 0 Å². The lowest BCUT2D eigenvalue weighted by molar-refractivity contribution is 0.0946. The molecule has 0 aliphatic rings. The monoisotopic (exact) mass is 385 g/mol. The Morgan fingerprint density at radius 2 is 2.07 bits per heavy atom. The van der Waals surface area contributed by atoms with Crippen molar-refractivity contribution in [1.82, 2.24) is 24.8 Å². The highest BCUT2D eigenvalue weighted by Gasteiger charge is 2.14. The van der Waals surface area contributed by atoms with Gasteiger partial charge in [-0.3, -0.25) is 14.2 Å². The topological polar surface area (TPSA) is 99.0 Å². The van der Waals surface area contributed by atoms with E-state index in [9.17, 15) is 9.59 Å². The molecule has 2 heterocycles. The predicted octanol–water partition coefficient (Wildman–Crippen LogP) is 1.83. The lowest BCUT2D eigenvalue weighted by Crippen LogP contribution is -2.29. The van der Waals surface area contributed by atoms with Crippen molar-refractivity contribution in [3.8, 4) is 17.1 Å². The third kappa shape index (κ3) is 4.12. The molecule has 27 heavy (non-hydrogen) atoms. The number of benzene rings is 1. The molecule has 0 saturated heterocycles. The van der Waals surface area contributed by atoms with E-state index in [4.69, 9.17) is 16.3 Å². The van der Waals surface area contributed by atoms with Gasteiger partial charge in [0.25, 0.3) is 11.5 Å². The number of hydrogen-bond acceptors (Lipinski definition) is 6. The van der Waals surface area contributed by atoms with E-state index in [1.165, 1.54) is 24.1 Å². The van der Waals surface area contributed by atoms with E-state index in [2.05, 4.69) is 20.3 Å². The Morgan fingerprint density at radius 3 is 2.78 bits per heavy atom. The van der Waals surface area contributed by atoms with Gasteiger partial charge in [-0.05, 0) is 24.3 Å². The largest absolute Gasteiger partial charge is 0.496 e. The number of carbonyl (C=O) groups is 1. The molecular formula is C18H16ClN5O3. The number of ether oxygens (including phenoxy) is 1. The van der Waals surface area contributed by atoms with Crippen molar-refractivity contribution in [3.05, 3.63) is 69.6 Å². The summed E-state index contributed by atoms with van der Waals surface area (Å²) in [6.45, 7) is 0.0509. The lowest BCUT2D eigenvalue weighted by Gasteiger charge is -2.12. The summed E-state index contributed by atoms with van der Waals surface area (Å²) in [7, 11) is 3.04. The van der Waals surface area contributed by atoms with Crippen molar-refractivity contribution in [1.29, 1.82) is 0 Å². The van der Waals surface area contributed by atoms with Crippen molar-refractivity contribution < 1.29 is 9.53 Å². The lowest BCUT2D eigenvalue weighted by atomic mass is 10.2. The first-order chi connectivity index (χ1) is 13.0. The number of rotatable bonds is 5. The third-order valence-electron chi connectivity index (χ3n) is 3.89. The van der Waals surface area contributed by atoms with E-state index >= 15 is 0 Å².